The Morgan fingerprint density at radius 1 is 1.10 bits per heavy atom. The summed E-state index contributed by atoms with van der Waals surface area (Å²) in [5, 5.41) is 0. The van der Waals surface area contributed by atoms with E-state index in [1.165, 1.54) is 17.6 Å². The van der Waals surface area contributed by atoms with Gasteiger partial charge in [0.1, 0.15) is 0 Å². The van der Waals surface area contributed by atoms with E-state index in [4.69, 9.17) is 4.74 Å². The molecule has 0 bridgehead atoms. The van der Waals surface area contributed by atoms with Crippen LogP contribution in [0.25, 0.3) is 0 Å². The molecule has 0 aromatic rings. The van der Waals surface area contributed by atoms with Crippen LogP contribution in [0.3, 0.4) is 0 Å². The highest BCUT2D eigenvalue weighted by atomic mass is 16.5. The molecule has 0 unspecified atom stereocenters. The first-order chi connectivity index (χ1) is 9.31. The topological polar surface area (TPSA) is 26.3 Å². The maximum Gasteiger partial charge on any atom is 0.330 e. The summed E-state index contributed by atoms with van der Waals surface area (Å²) < 4.78 is 5.08. The minimum Gasteiger partial charge on any atom is -0.460 e. The molecule has 114 valence electrons. The normalized spacial score (nSPS) is 12.7. The Morgan fingerprint density at radius 3 is 2.30 bits per heavy atom. The van der Waals surface area contributed by atoms with Crippen molar-refractivity contribution in [1.29, 1.82) is 0 Å². The number of carbonyl (C=O) groups is 1. The fourth-order valence-corrected chi connectivity index (χ4v) is 1.86. The first-order valence-electron chi connectivity index (χ1n) is 7.49. The molecule has 0 aliphatic heterocycles. The van der Waals surface area contributed by atoms with Crippen LogP contribution in [0.15, 0.2) is 35.5 Å². The van der Waals surface area contributed by atoms with E-state index in [0.717, 1.165) is 31.3 Å². The van der Waals surface area contributed by atoms with Crippen molar-refractivity contribution in [2.45, 2.75) is 72.8 Å². The SMILES string of the molecule is C=C(C)CCCC(C)=CCCC(C)=CC(=O)OC(C)C. The van der Waals surface area contributed by atoms with Crippen LogP contribution in [0.1, 0.15) is 66.7 Å². The molecule has 0 saturated heterocycles. The van der Waals surface area contributed by atoms with Gasteiger partial charge < -0.3 is 4.74 Å². The number of carbonyl (C=O) groups excluding carboxylic acids is 1. The number of hydrogen-bond donors (Lipinski definition) is 0. The van der Waals surface area contributed by atoms with Gasteiger partial charge in [-0.2, -0.15) is 0 Å². The van der Waals surface area contributed by atoms with Crippen LogP contribution in [0.2, 0.25) is 0 Å². The van der Waals surface area contributed by atoms with E-state index >= 15 is 0 Å². The third kappa shape index (κ3) is 11.8. The molecule has 0 fully saturated rings. The molecule has 0 rings (SSSR count). The fraction of sp³-hybridized carbons (Fsp3) is 0.611. The molecule has 0 aromatic heterocycles. The van der Waals surface area contributed by atoms with Gasteiger partial charge in [-0.25, -0.2) is 4.79 Å². The van der Waals surface area contributed by atoms with E-state index in [0.29, 0.717) is 0 Å². The lowest BCUT2D eigenvalue weighted by Gasteiger charge is -2.06. The zero-order valence-corrected chi connectivity index (χ0v) is 13.8. The Labute approximate surface area is 124 Å². The van der Waals surface area contributed by atoms with Gasteiger partial charge in [-0.1, -0.05) is 22.8 Å². The van der Waals surface area contributed by atoms with Gasteiger partial charge in [0.15, 0.2) is 0 Å². The van der Waals surface area contributed by atoms with Crippen molar-refractivity contribution in [2.75, 3.05) is 0 Å². The second-order valence-corrected chi connectivity index (χ2v) is 5.88. The number of ether oxygens (including phenoxy) is 1. The number of esters is 1. The average Bonchev–Trinajstić information content (AvgIpc) is 2.26. The summed E-state index contributed by atoms with van der Waals surface area (Å²) in [6.45, 7) is 13.9. The van der Waals surface area contributed by atoms with Crippen molar-refractivity contribution in [3.05, 3.63) is 35.5 Å². The number of allylic oxidation sites excluding steroid dienone is 4. The van der Waals surface area contributed by atoms with Gasteiger partial charge in [0.2, 0.25) is 0 Å². The van der Waals surface area contributed by atoms with E-state index in [9.17, 15) is 4.79 Å². The molecule has 0 aliphatic rings. The molecule has 0 N–H and O–H groups in total. The second-order valence-electron chi connectivity index (χ2n) is 5.88. The summed E-state index contributed by atoms with van der Waals surface area (Å²) in [5.41, 5.74) is 3.74. The van der Waals surface area contributed by atoms with Crippen LogP contribution in [0.5, 0.6) is 0 Å². The van der Waals surface area contributed by atoms with Crippen LogP contribution in [0.4, 0.5) is 0 Å². The van der Waals surface area contributed by atoms with Gasteiger partial charge in [0.05, 0.1) is 6.10 Å². The molecule has 0 aromatic carbocycles. The largest absolute Gasteiger partial charge is 0.460 e. The lowest BCUT2D eigenvalue weighted by Crippen LogP contribution is -2.08. The van der Waals surface area contributed by atoms with Crippen molar-refractivity contribution in [3.63, 3.8) is 0 Å². The van der Waals surface area contributed by atoms with Gasteiger partial charge in [-0.05, 0) is 66.7 Å². The molecular weight excluding hydrogens is 248 g/mol. The maximum atomic E-state index is 11.4. The zero-order valence-electron chi connectivity index (χ0n) is 13.8. The third-order valence-corrected chi connectivity index (χ3v) is 2.92. The fourth-order valence-electron chi connectivity index (χ4n) is 1.86. The smallest absolute Gasteiger partial charge is 0.330 e. The van der Waals surface area contributed by atoms with Gasteiger partial charge in [-0.15, -0.1) is 6.58 Å². The molecular formula is C18H30O2. The zero-order chi connectivity index (χ0) is 15.5. The average molecular weight is 278 g/mol. The predicted molar refractivity (Wildman–Crippen MR) is 86.6 cm³/mol. The lowest BCUT2D eigenvalue weighted by atomic mass is 10.0. The summed E-state index contributed by atoms with van der Waals surface area (Å²) in [6, 6.07) is 0. The molecule has 0 atom stereocenters. The number of hydrogen-bond acceptors (Lipinski definition) is 2. The Hall–Kier alpha value is -1.31. The lowest BCUT2D eigenvalue weighted by molar-refractivity contribution is -0.141. The summed E-state index contributed by atoms with van der Waals surface area (Å²) in [5.74, 6) is -0.236. The Balaban J connectivity index is 3.99. The second kappa shape index (κ2) is 10.5. The van der Waals surface area contributed by atoms with E-state index in [-0.39, 0.29) is 12.1 Å². The Morgan fingerprint density at radius 2 is 1.75 bits per heavy atom. The summed E-state index contributed by atoms with van der Waals surface area (Å²) in [7, 11) is 0. The van der Waals surface area contributed by atoms with Gasteiger partial charge >= 0.3 is 5.97 Å². The molecule has 0 spiro atoms. The van der Waals surface area contributed by atoms with Gasteiger partial charge in [0.25, 0.3) is 0 Å². The molecule has 2 nitrogen and oxygen atoms in total. The Kier molecular flexibility index (Phi) is 9.79. The molecule has 20 heavy (non-hydrogen) atoms. The molecule has 0 heterocycles. The van der Waals surface area contributed by atoms with E-state index in [1.807, 2.05) is 20.8 Å². The van der Waals surface area contributed by atoms with Crippen molar-refractivity contribution >= 4 is 5.97 Å². The van der Waals surface area contributed by atoms with Crippen molar-refractivity contribution in [3.8, 4) is 0 Å². The van der Waals surface area contributed by atoms with Crippen molar-refractivity contribution < 1.29 is 9.53 Å². The highest BCUT2D eigenvalue weighted by molar-refractivity contribution is 5.82. The van der Waals surface area contributed by atoms with E-state index < -0.39 is 0 Å². The number of rotatable bonds is 9. The summed E-state index contributed by atoms with van der Waals surface area (Å²) in [6.07, 6.45) is 9.11. The molecule has 0 amide bonds. The van der Waals surface area contributed by atoms with Crippen LogP contribution < -0.4 is 0 Å². The maximum absolute atomic E-state index is 11.4. The van der Waals surface area contributed by atoms with Crippen LogP contribution >= 0.6 is 0 Å². The molecule has 0 saturated carbocycles. The predicted octanol–water partition coefficient (Wildman–Crippen LogP) is 5.36. The minimum atomic E-state index is -0.236. The standard InChI is InChI=1S/C18H30O2/c1-14(2)9-7-10-16(5)11-8-12-17(6)13-18(19)20-15(3)4/h11,13,15H,1,7-10,12H2,2-6H3. The van der Waals surface area contributed by atoms with Crippen molar-refractivity contribution in [2.24, 2.45) is 0 Å². The monoisotopic (exact) mass is 278 g/mol. The van der Waals surface area contributed by atoms with E-state index in [1.54, 1.807) is 6.08 Å². The van der Waals surface area contributed by atoms with Crippen LogP contribution in [-0.4, -0.2) is 12.1 Å². The first-order valence-corrected chi connectivity index (χ1v) is 7.49. The van der Waals surface area contributed by atoms with Crippen molar-refractivity contribution in [1.82, 2.24) is 0 Å². The van der Waals surface area contributed by atoms with Gasteiger partial charge in [0, 0.05) is 6.08 Å². The van der Waals surface area contributed by atoms with Gasteiger partial charge in [-0.3, -0.25) is 0 Å². The van der Waals surface area contributed by atoms with Crippen LogP contribution in [-0.2, 0) is 9.53 Å². The highest BCUT2D eigenvalue weighted by Crippen LogP contribution is 2.13. The highest BCUT2D eigenvalue weighted by Gasteiger charge is 2.02. The minimum absolute atomic E-state index is 0.0537. The van der Waals surface area contributed by atoms with E-state index in [2.05, 4.69) is 26.5 Å². The molecule has 0 aliphatic carbocycles. The molecule has 2 heteroatoms. The third-order valence-electron chi connectivity index (χ3n) is 2.92. The van der Waals surface area contributed by atoms with Crippen LogP contribution in [0, 0.1) is 0 Å². The Bertz CT molecular complexity index is 373. The summed E-state index contributed by atoms with van der Waals surface area (Å²) >= 11 is 0. The quantitative estimate of drug-likeness (QED) is 0.322. The first kappa shape index (κ1) is 18.7. The molecule has 0 radical (unpaired) electrons. The summed E-state index contributed by atoms with van der Waals surface area (Å²) in [4.78, 5) is 11.4.